The number of rotatable bonds is 3. The predicted octanol–water partition coefficient (Wildman–Crippen LogP) is 5.20. The van der Waals surface area contributed by atoms with E-state index in [2.05, 4.69) is 45.0 Å². The van der Waals surface area contributed by atoms with Crippen LogP contribution < -0.4 is 4.90 Å². The number of benzene rings is 2. The molecule has 3 nitrogen and oxygen atoms in total. The summed E-state index contributed by atoms with van der Waals surface area (Å²) >= 11 is 1.62. The zero-order valence-corrected chi connectivity index (χ0v) is 16.9. The van der Waals surface area contributed by atoms with Crippen LogP contribution >= 0.6 is 11.3 Å². The average molecular weight is 392 g/mol. The van der Waals surface area contributed by atoms with Gasteiger partial charge in [0.1, 0.15) is 17.4 Å². The second kappa shape index (κ2) is 7.32. The van der Waals surface area contributed by atoms with Crippen molar-refractivity contribution in [2.45, 2.75) is 27.3 Å². The number of hydrogen-bond acceptors (Lipinski definition) is 3. The Morgan fingerprint density at radius 2 is 1.71 bits per heavy atom. The van der Waals surface area contributed by atoms with Gasteiger partial charge in [-0.25, -0.2) is 4.39 Å². The molecule has 2 heterocycles. The molecule has 1 aromatic heterocycles. The van der Waals surface area contributed by atoms with Crippen LogP contribution in [0.25, 0.3) is 0 Å². The molecule has 142 valence electrons. The minimum atomic E-state index is -0.278. The summed E-state index contributed by atoms with van der Waals surface area (Å²) in [6.45, 7) is 6.71. The Labute approximate surface area is 168 Å². The van der Waals surface area contributed by atoms with Crippen LogP contribution in [0.1, 0.15) is 32.7 Å². The highest BCUT2D eigenvalue weighted by molar-refractivity contribution is 7.17. The third-order valence-electron chi connectivity index (χ3n) is 5.10. The van der Waals surface area contributed by atoms with Crippen LogP contribution in [-0.2, 0) is 11.3 Å². The monoisotopic (exact) mass is 392 g/mol. The molecule has 2 aromatic carbocycles. The number of nitrogens with zero attached hydrogens (tertiary/aromatic N) is 2. The Hall–Kier alpha value is -2.79. The van der Waals surface area contributed by atoms with Gasteiger partial charge in [-0.15, -0.1) is 11.3 Å². The molecule has 5 heteroatoms. The molecule has 1 aliphatic rings. The van der Waals surface area contributed by atoms with Crippen LogP contribution in [0.4, 0.5) is 9.39 Å². The number of aryl methyl sites for hydroxylation is 2. The van der Waals surface area contributed by atoms with Gasteiger partial charge in [-0.2, -0.15) is 0 Å². The summed E-state index contributed by atoms with van der Waals surface area (Å²) in [5, 5.41) is 0.918. The fourth-order valence-electron chi connectivity index (χ4n) is 3.38. The van der Waals surface area contributed by atoms with Crippen molar-refractivity contribution in [1.29, 1.82) is 0 Å². The smallest absolute Gasteiger partial charge is 0.249 e. The molecule has 0 saturated heterocycles. The molecular formula is C23H21FN2OS. The van der Waals surface area contributed by atoms with Gasteiger partial charge >= 0.3 is 0 Å². The topological polar surface area (TPSA) is 32.7 Å². The number of fused-ring (bicyclic) bond motifs is 1. The van der Waals surface area contributed by atoms with Gasteiger partial charge in [-0.1, -0.05) is 42.0 Å². The fraction of sp³-hybridized carbons (Fsp3) is 0.217. The highest BCUT2D eigenvalue weighted by Crippen LogP contribution is 2.39. The number of aliphatic imine (C=N–C) groups is 1. The van der Waals surface area contributed by atoms with Crippen molar-refractivity contribution in [3.8, 4) is 0 Å². The highest BCUT2D eigenvalue weighted by Gasteiger charge is 2.29. The van der Waals surface area contributed by atoms with Crippen LogP contribution in [0, 0.1) is 26.6 Å². The molecule has 0 atom stereocenters. The van der Waals surface area contributed by atoms with E-state index >= 15 is 0 Å². The third-order valence-corrected chi connectivity index (χ3v) is 6.33. The Bertz CT molecular complexity index is 1070. The number of hydrogen-bond donors (Lipinski definition) is 0. The van der Waals surface area contributed by atoms with Crippen molar-refractivity contribution < 1.29 is 9.18 Å². The molecule has 0 N–H and O–H groups in total. The minimum Gasteiger partial charge on any atom is -0.297 e. The second-order valence-electron chi connectivity index (χ2n) is 7.10. The molecule has 0 bridgehead atoms. The normalized spacial score (nSPS) is 13.9. The summed E-state index contributed by atoms with van der Waals surface area (Å²) in [6, 6.07) is 14.6. The summed E-state index contributed by atoms with van der Waals surface area (Å²) in [5.74, 6) is -0.326. The van der Waals surface area contributed by atoms with Crippen molar-refractivity contribution >= 4 is 28.0 Å². The molecule has 0 unspecified atom stereocenters. The van der Waals surface area contributed by atoms with E-state index in [-0.39, 0.29) is 18.3 Å². The standard InChI is InChI=1S/C23H21FN2OS/c1-14-4-8-18(9-5-14)22-21-15(2)16(3)28-23(21)26(20(27)12-25-22)13-17-6-10-19(24)11-7-17/h4-11H,12-13H2,1-3H3. The lowest BCUT2D eigenvalue weighted by atomic mass is 9.99. The maximum Gasteiger partial charge on any atom is 0.249 e. The molecule has 0 saturated carbocycles. The van der Waals surface area contributed by atoms with Crippen LogP contribution in [-0.4, -0.2) is 18.2 Å². The Morgan fingerprint density at radius 1 is 1.04 bits per heavy atom. The van der Waals surface area contributed by atoms with Gasteiger partial charge in [0, 0.05) is 16.0 Å². The maximum absolute atomic E-state index is 13.3. The van der Waals surface area contributed by atoms with Crippen molar-refractivity contribution in [2.75, 3.05) is 11.4 Å². The SMILES string of the molecule is Cc1ccc(C2=NCC(=O)N(Cc3ccc(F)cc3)c3sc(C)c(C)c32)cc1. The largest absolute Gasteiger partial charge is 0.297 e. The summed E-state index contributed by atoms with van der Waals surface area (Å²) in [5.41, 5.74) is 6.14. The van der Waals surface area contributed by atoms with E-state index in [4.69, 9.17) is 4.99 Å². The Balaban J connectivity index is 1.81. The number of carbonyl (C=O) groups is 1. The van der Waals surface area contributed by atoms with Crippen LogP contribution in [0.3, 0.4) is 0 Å². The summed E-state index contributed by atoms with van der Waals surface area (Å²) < 4.78 is 13.3. The van der Waals surface area contributed by atoms with Crippen molar-refractivity contribution in [3.63, 3.8) is 0 Å². The number of amides is 1. The molecule has 28 heavy (non-hydrogen) atoms. The fourth-order valence-corrected chi connectivity index (χ4v) is 4.56. The Kier molecular flexibility index (Phi) is 4.85. The van der Waals surface area contributed by atoms with Crippen molar-refractivity contribution in [1.82, 2.24) is 0 Å². The van der Waals surface area contributed by atoms with E-state index in [1.165, 1.54) is 22.6 Å². The van der Waals surface area contributed by atoms with E-state index < -0.39 is 0 Å². The van der Waals surface area contributed by atoms with E-state index in [0.717, 1.165) is 33.0 Å². The van der Waals surface area contributed by atoms with Crippen LogP contribution in [0.2, 0.25) is 0 Å². The summed E-state index contributed by atoms with van der Waals surface area (Å²) in [7, 11) is 0. The molecule has 1 amide bonds. The third kappa shape index (κ3) is 3.38. The first-order valence-electron chi connectivity index (χ1n) is 9.20. The van der Waals surface area contributed by atoms with Gasteiger partial charge in [0.25, 0.3) is 0 Å². The van der Waals surface area contributed by atoms with Gasteiger partial charge in [-0.3, -0.25) is 14.7 Å². The number of halogens is 1. The summed E-state index contributed by atoms with van der Waals surface area (Å²) in [6.07, 6.45) is 0. The number of anilines is 1. The first kappa shape index (κ1) is 18.6. The Morgan fingerprint density at radius 3 is 2.39 bits per heavy atom. The van der Waals surface area contributed by atoms with E-state index in [1.807, 2.05) is 0 Å². The first-order chi connectivity index (χ1) is 13.4. The lowest BCUT2D eigenvalue weighted by Gasteiger charge is -2.21. The van der Waals surface area contributed by atoms with E-state index in [1.54, 1.807) is 28.4 Å². The molecule has 4 rings (SSSR count). The lowest BCUT2D eigenvalue weighted by molar-refractivity contribution is -0.117. The van der Waals surface area contributed by atoms with Crippen LogP contribution in [0.5, 0.6) is 0 Å². The quantitative estimate of drug-likeness (QED) is 0.603. The predicted molar refractivity (Wildman–Crippen MR) is 113 cm³/mol. The van der Waals surface area contributed by atoms with Crippen molar-refractivity contribution in [3.05, 3.63) is 87.0 Å². The molecule has 1 aliphatic heterocycles. The number of carbonyl (C=O) groups excluding carboxylic acids is 1. The zero-order chi connectivity index (χ0) is 19.8. The van der Waals surface area contributed by atoms with Crippen LogP contribution in [0.15, 0.2) is 53.5 Å². The average Bonchev–Trinajstić information content (AvgIpc) is 2.89. The molecule has 0 radical (unpaired) electrons. The maximum atomic E-state index is 13.3. The number of thiophene rings is 1. The van der Waals surface area contributed by atoms with Crippen molar-refractivity contribution in [2.24, 2.45) is 4.99 Å². The lowest BCUT2D eigenvalue weighted by Crippen LogP contribution is -2.31. The molecule has 0 spiro atoms. The van der Waals surface area contributed by atoms with E-state index in [0.29, 0.717) is 6.54 Å². The molecule has 3 aromatic rings. The van der Waals surface area contributed by atoms with Gasteiger partial charge in [0.15, 0.2) is 0 Å². The van der Waals surface area contributed by atoms with Gasteiger partial charge in [-0.05, 0) is 44.0 Å². The summed E-state index contributed by atoms with van der Waals surface area (Å²) in [4.78, 5) is 20.6. The molecular weight excluding hydrogens is 371 g/mol. The van der Waals surface area contributed by atoms with E-state index in [9.17, 15) is 9.18 Å². The zero-order valence-electron chi connectivity index (χ0n) is 16.1. The second-order valence-corrected chi connectivity index (χ2v) is 8.30. The highest BCUT2D eigenvalue weighted by atomic mass is 32.1. The molecule has 0 aliphatic carbocycles. The van der Waals surface area contributed by atoms with Gasteiger partial charge < -0.3 is 0 Å². The van der Waals surface area contributed by atoms with Gasteiger partial charge in [0.05, 0.1) is 12.3 Å². The molecule has 0 fully saturated rings. The van der Waals surface area contributed by atoms with Gasteiger partial charge in [0.2, 0.25) is 5.91 Å². The minimum absolute atomic E-state index is 0.0473. The first-order valence-corrected chi connectivity index (χ1v) is 10.0.